The molecular formula is C25H26ClF2N3O4S2. The van der Waals surface area contributed by atoms with E-state index in [0.717, 1.165) is 41.9 Å². The second-order valence-electron chi connectivity index (χ2n) is 9.78. The molecule has 1 fully saturated rings. The van der Waals surface area contributed by atoms with Crippen LogP contribution in [0.15, 0.2) is 46.1 Å². The van der Waals surface area contributed by atoms with Gasteiger partial charge in [0.1, 0.15) is 22.1 Å². The standard InChI is InChI=1S/C25H26ClF2N3O4S2/c1-14(17-9-16(15-5-6-15)7-8-19(17)27)30-21-11-20(28)22(10-18(21)26)37(33,34)31(23-12-36-13-29-23)24(32)35-25(2,3)4/h7-15,30H,5-6H2,1-4H3/t14-/m0/s1. The predicted molar refractivity (Wildman–Crippen MR) is 140 cm³/mol. The quantitative estimate of drug-likeness (QED) is 0.322. The number of carbonyl (C=O) groups is 1. The molecule has 0 aliphatic heterocycles. The first-order chi connectivity index (χ1) is 17.3. The van der Waals surface area contributed by atoms with Crippen molar-refractivity contribution in [1.82, 2.24) is 4.98 Å². The van der Waals surface area contributed by atoms with E-state index in [9.17, 15) is 17.6 Å². The number of nitrogens with zero attached hydrogens (tertiary/aromatic N) is 2. The topological polar surface area (TPSA) is 88.6 Å². The van der Waals surface area contributed by atoms with Crippen LogP contribution in [0.3, 0.4) is 0 Å². The van der Waals surface area contributed by atoms with Gasteiger partial charge < -0.3 is 10.1 Å². The number of ether oxygens (including phenoxy) is 1. The second-order valence-corrected chi connectivity index (χ2v) is 12.7. The molecule has 0 spiro atoms. The monoisotopic (exact) mass is 569 g/mol. The third-order valence-corrected chi connectivity index (χ3v) is 8.21. The number of thiazole rings is 1. The molecule has 12 heteroatoms. The van der Waals surface area contributed by atoms with E-state index < -0.39 is 44.3 Å². The number of halogens is 3. The number of nitrogens with one attached hydrogen (secondary N) is 1. The number of aromatic nitrogens is 1. The molecule has 198 valence electrons. The van der Waals surface area contributed by atoms with Crippen LogP contribution in [0.4, 0.5) is 25.1 Å². The molecule has 1 aromatic heterocycles. The SMILES string of the molecule is C[C@H](Nc1cc(F)c(S(=O)(=O)N(C(=O)OC(C)(C)C)c2cscn2)cc1Cl)c1cc(C2CC2)ccc1F. The number of amides is 1. The molecule has 1 heterocycles. The zero-order valence-electron chi connectivity index (χ0n) is 20.6. The molecule has 4 rings (SSSR count). The zero-order chi connectivity index (χ0) is 27.1. The highest BCUT2D eigenvalue weighted by atomic mass is 35.5. The van der Waals surface area contributed by atoms with Gasteiger partial charge in [0.2, 0.25) is 0 Å². The van der Waals surface area contributed by atoms with E-state index >= 15 is 4.39 Å². The maximum Gasteiger partial charge on any atom is 0.430 e. The normalized spacial score (nSPS) is 14.8. The predicted octanol–water partition coefficient (Wildman–Crippen LogP) is 7.26. The summed E-state index contributed by atoms with van der Waals surface area (Å²) in [6, 6.07) is 6.16. The Hall–Kier alpha value is -2.76. The molecule has 1 atom stereocenters. The summed E-state index contributed by atoms with van der Waals surface area (Å²) in [6.07, 6.45) is 0.873. The van der Waals surface area contributed by atoms with Gasteiger partial charge in [-0.1, -0.05) is 23.7 Å². The Morgan fingerprint density at radius 1 is 1.22 bits per heavy atom. The van der Waals surface area contributed by atoms with Crippen molar-refractivity contribution in [2.24, 2.45) is 0 Å². The first-order valence-corrected chi connectivity index (χ1v) is 14.3. The van der Waals surface area contributed by atoms with E-state index in [1.807, 2.05) is 0 Å². The summed E-state index contributed by atoms with van der Waals surface area (Å²) >= 11 is 7.40. The van der Waals surface area contributed by atoms with Crippen LogP contribution < -0.4 is 9.62 Å². The minimum absolute atomic E-state index is 0.0688. The largest absolute Gasteiger partial charge is 0.443 e. The van der Waals surface area contributed by atoms with E-state index in [1.165, 1.54) is 17.0 Å². The van der Waals surface area contributed by atoms with Crippen LogP contribution in [0.2, 0.25) is 5.02 Å². The first-order valence-electron chi connectivity index (χ1n) is 11.5. The molecule has 0 unspecified atom stereocenters. The summed E-state index contributed by atoms with van der Waals surface area (Å²) in [5.41, 5.74) is 1.80. The number of hydrogen-bond donors (Lipinski definition) is 1. The van der Waals surface area contributed by atoms with Gasteiger partial charge in [-0.2, -0.15) is 0 Å². The molecule has 2 aromatic carbocycles. The van der Waals surface area contributed by atoms with Crippen LogP contribution in [0.1, 0.15) is 63.6 Å². The van der Waals surface area contributed by atoms with Crippen LogP contribution in [0.5, 0.6) is 0 Å². The van der Waals surface area contributed by atoms with Crippen molar-refractivity contribution in [3.8, 4) is 0 Å². The molecule has 0 bridgehead atoms. The summed E-state index contributed by atoms with van der Waals surface area (Å²) in [4.78, 5) is 15.9. The molecule has 1 saturated carbocycles. The number of hydrogen-bond acceptors (Lipinski definition) is 7. The van der Waals surface area contributed by atoms with E-state index in [1.54, 1.807) is 39.8 Å². The lowest BCUT2D eigenvalue weighted by atomic mass is 10.0. The number of anilines is 2. The average Bonchev–Trinajstić information content (AvgIpc) is 3.50. The number of carbonyl (C=O) groups excluding carboxylic acids is 1. The summed E-state index contributed by atoms with van der Waals surface area (Å²) in [6.45, 7) is 6.40. The van der Waals surface area contributed by atoms with E-state index in [2.05, 4.69) is 10.3 Å². The number of rotatable bonds is 7. The van der Waals surface area contributed by atoms with Gasteiger partial charge in [0, 0.05) is 10.9 Å². The summed E-state index contributed by atoms with van der Waals surface area (Å²) in [5.74, 6) is -1.40. The van der Waals surface area contributed by atoms with Crippen molar-refractivity contribution in [2.75, 3.05) is 9.62 Å². The van der Waals surface area contributed by atoms with Gasteiger partial charge in [0.05, 0.1) is 22.3 Å². The average molecular weight is 570 g/mol. The molecule has 0 saturated heterocycles. The van der Waals surface area contributed by atoms with Crippen molar-refractivity contribution in [3.05, 3.63) is 69.0 Å². The molecule has 0 radical (unpaired) electrons. The van der Waals surface area contributed by atoms with E-state index in [-0.39, 0.29) is 16.5 Å². The van der Waals surface area contributed by atoms with Gasteiger partial charge in [-0.05, 0) is 70.2 Å². The summed E-state index contributed by atoms with van der Waals surface area (Å²) < 4.78 is 62.3. The fraction of sp³-hybridized carbons (Fsp3) is 0.360. The smallest absolute Gasteiger partial charge is 0.430 e. The number of sulfonamides is 1. The first kappa shape index (κ1) is 27.3. The fourth-order valence-corrected chi connectivity index (χ4v) is 5.95. The van der Waals surface area contributed by atoms with Gasteiger partial charge in [0.25, 0.3) is 10.0 Å². The zero-order valence-corrected chi connectivity index (χ0v) is 23.0. The number of benzene rings is 2. The molecule has 37 heavy (non-hydrogen) atoms. The second kappa shape index (κ2) is 10.2. The maximum absolute atomic E-state index is 15.3. The Balaban J connectivity index is 1.66. The molecule has 1 amide bonds. The third-order valence-electron chi connectivity index (χ3n) is 5.63. The van der Waals surface area contributed by atoms with E-state index in [4.69, 9.17) is 16.3 Å². The van der Waals surface area contributed by atoms with Crippen LogP contribution in [0.25, 0.3) is 0 Å². The van der Waals surface area contributed by atoms with E-state index in [0.29, 0.717) is 15.8 Å². The highest BCUT2D eigenvalue weighted by Crippen LogP contribution is 2.41. The van der Waals surface area contributed by atoms with Crippen molar-refractivity contribution in [1.29, 1.82) is 0 Å². The molecule has 1 aliphatic carbocycles. The Kier molecular flexibility index (Phi) is 7.51. The van der Waals surface area contributed by atoms with Gasteiger partial charge in [-0.15, -0.1) is 15.6 Å². The van der Waals surface area contributed by atoms with Crippen LogP contribution >= 0.6 is 22.9 Å². The van der Waals surface area contributed by atoms with Crippen molar-refractivity contribution in [2.45, 2.75) is 63.0 Å². The van der Waals surface area contributed by atoms with Crippen LogP contribution in [-0.2, 0) is 14.8 Å². The van der Waals surface area contributed by atoms with Gasteiger partial charge in [-0.3, -0.25) is 0 Å². The Bertz CT molecular complexity index is 1420. The highest BCUT2D eigenvalue weighted by molar-refractivity contribution is 7.93. The highest BCUT2D eigenvalue weighted by Gasteiger charge is 2.38. The lowest BCUT2D eigenvalue weighted by Gasteiger charge is -2.26. The Morgan fingerprint density at radius 3 is 2.51 bits per heavy atom. The van der Waals surface area contributed by atoms with Crippen LogP contribution in [0, 0.1) is 11.6 Å². The lowest BCUT2D eigenvalue weighted by molar-refractivity contribution is 0.0608. The minimum atomic E-state index is -4.81. The fourth-order valence-electron chi connectivity index (χ4n) is 3.74. The summed E-state index contributed by atoms with van der Waals surface area (Å²) in [5, 5.41) is 4.15. The lowest BCUT2D eigenvalue weighted by Crippen LogP contribution is -2.41. The molecule has 3 aromatic rings. The molecule has 7 nitrogen and oxygen atoms in total. The van der Waals surface area contributed by atoms with Crippen molar-refractivity contribution in [3.63, 3.8) is 0 Å². The maximum atomic E-state index is 15.3. The van der Waals surface area contributed by atoms with Crippen molar-refractivity contribution < 1.29 is 26.7 Å². The van der Waals surface area contributed by atoms with Gasteiger partial charge in [-0.25, -0.2) is 27.0 Å². The van der Waals surface area contributed by atoms with Crippen LogP contribution in [-0.4, -0.2) is 25.1 Å². The van der Waals surface area contributed by atoms with Crippen molar-refractivity contribution >= 4 is 50.6 Å². The Labute approximate surface area is 223 Å². The molecular weight excluding hydrogens is 544 g/mol. The molecule has 1 aliphatic rings. The van der Waals surface area contributed by atoms with Gasteiger partial charge in [0.15, 0.2) is 5.82 Å². The van der Waals surface area contributed by atoms with Gasteiger partial charge >= 0.3 is 6.09 Å². The minimum Gasteiger partial charge on any atom is -0.443 e. The third kappa shape index (κ3) is 6.05. The Morgan fingerprint density at radius 2 is 1.92 bits per heavy atom. The summed E-state index contributed by atoms with van der Waals surface area (Å²) in [7, 11) is -4.81. The molecule has 1 N–H and O–H groups in total.